The molecular weight excluding hydrogens is 242 g/mol. The summed E-state index contributed by atoms with van der Waals surface area (Å²) < 4.78 is 5.55. The zero-order valence-electron chi connectivity index (χ0n) is 8.60. The smallest absolute Gasteiger partial charge is 0.345 e. The van der Waals surface area contributed by atoms with E-state index >= 15 is 0 Å². The van der Waals surface area contributed by atoms with E-state index in [4.69, 9.17) is 5.11 Å². The topological polar surface area (TPSA) is 50.2 Å². The molecule has 0 amide bonds. The number of carbonyl (C=O) groups is 1. The number of aromatic carboxylic acids is 1. The Bertz CT molecular complexity index is 537. The maximum absolute atomic E-state index is 10.9. The van der Waals surface area contributed by atoms with Crippen molar-refractivity contribution < 1.29 is 9.90 Å². The van der Waals surface area contributed by atoms with Crippen LogP contribution in [0.2, 0.25) is 0 Å². The Morgan fingerprint density at radius 1 is 1.44 bits per heavy atom. The first-order chi connectivity index (χ1) is 7.75. The lowest BCUT2D eigenvalue weighted by Gasteiger charge is -2.03. The van der Waals surface area contributed by atoms with Crippen LogP contribution in [-0.4, -0.2) is 15.4 Å². The van der Waals surface area contributed by atoms with Crippen molar-refractivity contribution in [2.24, 2.45) is 0 Å². The number of fused-ring (bicyclic) bond motifs is 1. The zero-order chi connectivity index (χ0) is 11.1. The molecule has 2 aromatic rings. The number of carboxylic acid groups (broad SMARTS) is 1. The van der Waals surface area contributed by atoms with E-state index in [1.807, 2.05) is 0 Å². The second-order valence-electron chi connectivity index (χ2n) is 4.17. The normalized spacial score (nSPS) is 17.2. The standard InChI is InChI=1S/C11H11NO2S2/c13-10(14)8-5-7-9(6-3-1-2-4-6)12-16-11(7)15-8/h5-6H,1-4H2,(H,13,14). The third-order valence-corrected chi connectivity index (χ3v) is 5.22. The quantitative estimate of drug-likeness (QED) is 0.887. The van der Waals surface area contributed by atoms with Gasteiger partial charge in [-0.25, -0.2) is 4.79 Å². The van der Waals surface area contributed by atoms with Gasteiger partial charge in [-0.15, -0.1) is 11.3 Å². The first-order valence-electron chi connectivity index (χ1n) is 5.38. The van der Waals surface area contributed by atoms with Crippen LogP contribution in [0.3, 0.4) is 0 Å². The molecule has 0 atom stereocenters. The van der Waals surface area contributed by atoms with Crippen LogP contribution >= 0.6 is 22.9 Å². The Labute approximate surface area is 101 Å². The Morgan fingerprint density at radius 3 is 2.88 bits per heavy atom. The van der Waals surface area contributed by atoms with Crippen LogP contribution in [-0.2, 0) is 0 Å². The number of hydrogen-bond acceptors (Lipinski definition) is 4. The van der Waals surface area contributed by atoms with Crippen molar-refractivity contribution in [2.45, 2.75) is 31.6 Å². The van der Waals surface area contributed by atoms with Crippen molar-refractivity contribution in [1.82, 2.24) is 4.37 Å². The molecule has 1 N–H and O–H groups in total. The molecule has 0 radical (unpaired) electrons. The van der Waals surface area contributed by atoms with Crippen LogP contribution in [0, 0.1) is 0 Å². The Morgan fingerprint density at radius 2 is 2.19 bits per heavy atom. The molecule has 1 saturated carbocycles. The largest absolute Gasteiger partial charge is 0.477 e. The van der Waals surface area contributed by atoms with Gasteiger partial charge in [-0.1, -0.05) is 12.8 Å². The van der Waals surface area contributed by atoms with E-state index in [0.29, 0.717) is 10.8 Å². The summed E-state index contributed by atoms with van der Waals surface area (Å²) >= 11 is 2.79. The van der Waals surface area contributed by atoms with Crippen molar-refractivity contribution in [2.75, 3.05) is 0 Å². The Hall–Kier alpha value is -0.940. The molecule has 0 saturated heterocycles. The second-order valence-corrected chi connectivity index (χ2v) is 6.25. The van der Waals surface area contributed by atoms with Crippen LogP contribution in [0.15, 0.2) is 6.07 Å². The number of hydrogen-bond donors (Lipinski definition) is 1. The van der Waals surface area contributed by atoms with Crippen molar-refractivity contribution >= 4 is 38.2 Å². The van der Waals surface area contributed by atoms with Gasteiger partial charge in [0, 0.05) is 11.3 Å². The van der Waals surface area contributed by atoms with E-state index in [2.05, 4.69) is 4.37 Å². The minimum absolute atomic E-state index is 0.433. The first kappa shape index (κ1) is 10.2. The lowest BCUT2D eigenvalue weighted by molar-refractivity contribution is 0.0702. The van der Waals surface area contributed by atoms with Gasteiger partial charge in [-0.2, -0.15) is 4.37 Å². The van der Waals surface area contributed by atoms with Crippen LogP contribution in [0.25, 0.3) is 9.40 Å². The fraction of sp³-hybridized carbons (Fsp3) is 0.455. The third-order valence-electron chi connectivity index (χ3n) is 3.15. The van der Waals surface area contributed by atoms with E-state index in [9.17, 15) is 4.79 Å². The zero-order valence-corrected chi connectivity index (χ0v) is 10.2. The summed E-state index contributed by atoms with van der Waals surface area (Å²) in [7, 11) is 0. The van der Waals surface area contributed by atoms with Gasteiger partial charge >= 0.3 is 5.97 Å². The van der Waals surface area contributed by atoms with E-state index < -0.39 is 5.97 Å². The molecule has 0 bridgehead atoms. The van der Waals surface area contributed by atoms with Gasteiger partial charge in [0.15, 0.2) is 0 Å². The summed E-state index contributed by atoms with van der Waals surface area (Å²) in [5.41, 5.74) is 1.14. The molecule has 1 fully saturated rings. The molecule has 0 unspecified atom stereocenters. The highest BCUT2D eigenvalue weighted by molar-refractivity contribution is 7.36. The highest BCUT2D eigenvalue weighted by Crippen LogP contribution is 2.41. The summed E-state index contributed by atoms with van der Waals surface area (Å²) in [4.78, 5) is 11.3. The molecule has 5 heteroatoms. The molecule has 3 rings (SSSR count). The number of thiophene rings is 1. The predicted molar refractivity (Wildman–Crippen MR) is 65.7 cm³/mol. The van der Waals surface area contributed by atoms with Crippen molar-refractivity contribution in [3.63, 3.8) is 0 Å². The number of nitrogens with zero attached hydrogens (tertiary/aromatic N) is 1. The van der Waals surface area contributed by atoms with E-state index in [1.54, 1.807) is 6.07 Å². The summed E-state index contributed by atoms with van der Waals surface area (Å²) in [5.74, 6) is -0.268. The van der Waals surface area contributed by atoms with Crippen LogP contribution in [0.5, 0.6) is 0 Å². The number of carboxylic acids is 1. The minimum Gasteiger partial charge on any atom is -0.477 e. The molecule has 16 heavy (non-hydrogen) atoms. The SMILES string of the molecule is O=C(O)c1cc2c(C3CCCC3)nsc2s1. The molecule has 0 aromatic carbocycles. The van der Waals surface area contributed by atoms with Crippen molar-refractivity contribution in [3.8, 4) is 0 Å². The number of aromatic nitrogens is 1. The highest BCUT2D eigenvalue weighted by atomic mass is 32.2. The molecule has 2 heterocycles. The van der Waals surface area contributed by atoms with Gasteiger partial charge in [0.1, 0.15) is 8.89 Å². The molecule has 84 valence electrons. The second kappa shape index (κ2) is 3.82. The summed E-state index contributed by atoms with van der Waals surface area (Å²) in [5, 5.41) is 10.0. The molecule has 0 aliphatic heterocycles. The van der Waals surface area contributed by atoms with E-state index in [-0.39, 0.29) is 0 Å². The van der Waals surface area contributed by atoms with Crippen LogP contribution in [0.4, 0.5) is 0 Å². The van der Waals surface area contributed by atoms with Gasteiger partial charge in [-0.05, 0) is 30.4 Å². The van der Waals surface area contributed by atoms with E-state index in [1.165, 1.54) is 48.6 Å². The highest BCUT2D eigenvalue weighted by Gasteiger charge is 2.23. The van der Waals surface area contributed by atoms with E-state index in [0.717, 1.165) is 15.1 Å². The van der Waals surface area contributed by atoms with Gasteiger partial charge < -0.3 is 5.11 Å². The maximum Gasteiger partial charge on any atom is 0.345 e. The fourth-order valence-electron chi connectivity index (χ4n) is 2.36. The average molecular weight is 253 g/mol. The summed E-state index contributed by atoms with van der Waals surface area (Å²) in [6.45, 7) is 0. The van der Waals surface area contributed by atoms with Gasteiger partial charge in [0.2, 0.25) is 0 Å². The monoisotopic (exact) mass is 253 g/mol. The summed E-state index contributed by atoms with van der Waals surface area (Å²) in [6, 6.07) is 1.79. The van der Waals surface area contributed by atoms with Crippen LogP contribution in [0.1, 0.15) is 47.0 Å². The minimum atomic E-state index is -0.828. The lowest BCUT2D eigenvalue weighted by atomic mass is 10.0. The van der Waals surface area contributed by atoms with Crippen molar-refractivity contribution in [3.05, 3.63) is 16.6 Å². The third kappa shape index (κ3) is 1.55. The van der Waals surface area contributed by atoms with Crippen molar-refractivity contribution in [1.29, 1.82) is 0 Å². The molecule has 1 aliphatic rings. The predicted octanol–water partition coefficient (Wildman–Crippen LogP) is 3.71. The fourth-order valence-corrected chi connectivity index (χ4v) is 4.32. The Balaban J connectivity index is 2.07. The molecule has 2 aromatic heterocycles. The Kier molecular flexibility index (Phi) is 2.44. The first-order valence-corrected chi connectivity index (χ1v) is 6.97. The average Bonchev–Trinajstić information content (AvgIpc) is 2.92. The molecule has 1 aliphatic carbocycles. The summed E-state index contributed by atoms with van der Waals surface area (Å²) in [6.07, 6.45) is 4.97. The van der Waals surface area contributed by atoms with Gasteiger partial charge in [0.05, 0.1) is 5.69 Å². The number of rotatable bonds is 2. The molecular formula is C11H11NO2S2. The lowest BCUT2D eigenvalue weighted by Crippen LogP contribution is -1.93. The maximum atomic E-state index is 10.9. The van der Waals surface area contributed by atoms with Gasteiger partial charge in [0.25, 0.3) is 0 Å². The molecule has 3 nitrogen and oxygen atoms in total. The van der Waals surface area contributed by atoms with Crippen LogP contribution < -0.4 is 0 Å². The van der Waals surface area contributed by atoms with Gasteiger partial charge in [-0.3, -0.25) is 0 Å². The molecule has 0 spiro atoms.